The first kappa shape index (κ1) is 32.9. The predicted octanol–water partition coefficient (Wildman–Crippen LogP) is 4.95. The third kappa shape index (κ3) is 6.67. The first-order valence-electron chi connectivity index (χ1n) is 17.2. The molecule has 0 atom stereocenters. The molecular formula is C38H37F2N7O4. The Kier molecular flexibility index (Phi) is 8.92. The molecule has 1 aliphatic carbocycles. The average molecular weight is 694 g/mol. The summed E-state index contributed by atoms with van der Waals surface area (Å²) < 4.78 is 38.0. The minimum atomic E-state index is -0.662. The molecule has 0 spiro atoms. The smallest absolute Gasteiger partial charge is 0.337 e. The zero-order valence-electron chi connectivity index (χ0n) is 27.8. The molecular weight excluding hydrogens is 656 g/mol. The van der Waals surface area contributed by atoms with Gasteiger partial charge in [-0.25, -0.2) is 28.1 Å². The Morgan fingerprint density at radius 3 is 2.57 bits per heavy atom. The Balaban J connectivity index is 1.09. The van der Waals surface area contributed by atoms with Crippen molar-refractivity contribution < 1.29 is 18.6 Å². The zero-order valence-corrected chi connectivity index (χ0v) is 27.8. The fraction of sp³-hybridized carbons (Fsp3) is 0.316. The van der Waals surface area contributed by atoms with Crippen LogP contribution in [0.3, 0.4) is 0 Å². The quantitative estimate of drug-likeness (QED) is 0.230. The van der Waals surface area contributed by atoms with Gasteiger partial charge in [0, 0.05) is 50.7 Å². The minimum absolute atomic E-state index is 0.0289. The zero-order chi connectivity index (χ0) is 35.1. The van der Waals surface area contributed by atoms with E-state index in [0.29, 0.717) is 63.3 Å². The highest BCUT2D eigenvalue weighted by molar-refractivity contribution is 5.77. The largest absolute Gasteiger partial charge is 0.508 e. The van der Waals surface area contributed by atoms with Gasteiger partial charge in [-0.3, -0.25) is 14.3 Å². The molecule has 11 nitrogen and oxygen atoms in total. The SMILES string of the molecule is O=c1c2cc(F)cnc2n(-c2cccc(-c3ccc(O)cc3CN3CCOCC3)c2)c(=O)n1[C@H]1CC[C@@H](NCc2cn3cc(F)ccc3n2)CC1. The molecule has 1 aliphatic heterocycles. The standard InChI is InChI=1S/C38H37F2N7O4/c39-26-4-11-35-43-29(23-45(35)22-26)20-41-28-5-7-30(8-6-28)47-37(49)34-18-27(40)19-42-36(34)46(38(47)50)31-3-1-2-24(16-31)33-10-9-32(48)17-25(33)21-44-12-14-51-15-13-44/h1-4,9-11,16-19,22-23,28,30,41,48H,5-8,12-15,20-21H2/t28-,30+. The maximum Gasteiger partial charge on any atom is 0.337 e. The van der Waals surface area contributed by atoms with Gasteiger partial charge in [-0.1, -0.05) is 18.2 Å². The third-order valence-corrected chi connectivity index (χ3v) is 9.99. The Hall–Kier alpha value is -5.24. The van der Waals surface area contributed by atoms with Crippen LogP contribution >= 0.6 is 0 Å². The number of pyridine rings is 2. The molecule has 51 heavy (non-hydrogen) atoms. The highest BCUT2D eigenvalue weighted by Crippen LogP contribution is 2.31. The van der Waals surface area contributed by atoms with Gasteiger partial charge >= 0.3 is 5.69 Å². The first-order chi connectivity index (χ1) is 24.8. The molecule has 1 saturated heterocycles. The van der Waals surface area contributed by atoms with Crippen LogP contribution in [0, 0.1) is 11.6 Å². The second kappa shape index (κ2) is 13.8. The number of phenols is 1. The number of nitrogens with zero attached hydrogens (tertiary/aromatic N) is 6. The summed E-state index contributed by atoms with van der Waals surface area (Å²) in [6, 6.07) is 16.6. The van der Waals surface area contributed by atoms with Gasteiger partial charge in [-0.2, -0.15) is 0 Å². The van der Waals surface area contributed by atoms with E-state index in [1.807, 2.05) is 24.3 Å². The molecule has 0 amide bonds. The topological polar surface area (TPSA) is 119 Å². The number of aromatic hydroxyl groups is 1. The van der Waals surface area contributed by atoms with Crippen LogP contribution in [0.5, 0.6) is 5.75 Å². The molecule has 1 saturated carbocycles. The maximum atomic E-state index is 14.6. The number of fused-ring (bicyclic) bond motifs is 2. The van der Waals surface area contributed by atoms with Crippen molar-refractivity contribution in [1.82, 2.24) is 33.7 Å². The number of halogens is 2. The van der Waals surface area contributed by atoms with Crippen molar-refractivity contribution in [2.45, 2.75) is 50.9 Å². The third-order valence-electron chi connectivity index (χ3n) is 9.99. The lowest BCUT2D eigenvalue weighted by Gasteiger charge is -2.30. The van der Waals surface area contributed by atoms with Gasteiger partial charge < -0.3 is 19.6 Å². The number of hydrogen-bond acceptors (Lipinski definition) is 8. The van der Waals surface area contributed by atoms with Crippen LogP contribution in [-0.4, -0.2) is 65.9 Å². The van der Waals surface area contributed by atoms with Gasteiger partial charge in [0.2, 0.25) is 0 Å². The van der Waals surface area contributed by atoms with Crippen molar-refractivity contribution >= 4 is 16.7 Å². The fourth-order valence-corrected chi connectivity index (χ4v) is 7.43. The van der Waals surface area contributed by atoms with Crippen molar-refractivity contribution in [3.8, 4) is 22.6 Å². The van der Waals surface area contributed by atoms with E-state index in [1.54, 1.807) is 34.9 Å². The van der Waals surface area contributed by atoms with Crippen LogP contribution in [0.4, 0.5) is 8.78 Å². The van der Waals surface area contributed by atoms with Crippen LogP contribution in [0.25, 0.3) is 33.5 Å². The Morgan fingerprint density at radius 2 is 1.75 bits per heavy atom. The van der Waals surface area contributed by atoms with Crippen LogP contribution < -0.4 is 16.6 Å². The van der Waals surface area contributed by atoms with Gasteiger partial charge in [0.05, 0.1) is 36.2 Å². The van der Waals surface area contributed by atoms with Gasteiger partial charge in [-0.05, 0) is 84.8 Å². The van der Waals surface area contributed by atoms with Gasteiger partial charge in [0.1, 0.15) is 23.0 Å². The summed E-state index contributed by atoms with van der Waals surface area (Å²) in [6.45, 7) is 3.96. The summed E-state index contributed by atoms with van der Waals surface area (Å²) in [6.07, 6.45) is 6.75. The number of aromatic nitrogens is 5. The van der Waals surface area contributed by atoms with Gasteiger partial charge in [0.25, 0.3) is 5.56 Å². The van der Waals surface area contributed by atoms with E-state index in [2.05, 4.69) is 20.2 Å². The molecule has 4 aromatic heterocycles. The Morgan fingerprint density at radius 1 is 0.922 bits per heavy atom. The number of ether oxygens (including phenoxy) is 1. The average Bonchev–Trinajstić information content (AvgIpc) is 3.54. The van der Waals surface area contributed by atoms with Crippen molar-refractivity contribution in [2.24, 2.45) is 0 Å². The molecule has 8 rings (SSSR count). The highest BCUT2D eigenvalue weighted by atomic mass is 19.1. The Bertz CT molecular complexity index is 2360. The molecule has 262 valence electrons. The Labute approximate surface area is 291 Å². The number of hydrogen-bond donors (Lipinski definition) is 2. The molecule has 2 aliphatic rings. The molecule has 13 heteroatoms. The van der Waals surface area contributed by atoms with E-state index in [9.17, 15) is 23.5 Å². The number of benzene rings is 2. The normalized spacial score (nSPS) is 18.5. The lowest BCUT2D eigenvalue weighted by molar-refractivity contribution is 0.0342. The van der Waals surface area contributed by atoms with Gasteiger partial charge in [0.15, 0.2) is 5.65 Å². The molecule has 0 radical (unpaired) electrons. The first-order valence-corrected chi connectivity index (χ1v) is 17.2. The molecule has 2 aromatic carbocycles. The van der Waals surface area contributed by atoms with Crippen LogP contribution in [0.15, 0.2) is 88.8 Å². The lowest BCUT2D eigenvalue weighted by Crippen LogP contribution is -2.44. The number of rotatable bonds is 8. The number of nitrogens with one attached hydrogen (secondary N) is 1. The van der Waals surface area contributed by atoms with Crippen molar-refractivity contribution in [1.29, 1.82) is 0 Å². The second-order valence-corrected chi connectivity index (χ2v) is 13.3. The maximum absolute atomic E-state index is 14.6. The minimum Gasteiger partial charge on any atom is -0.508 e. The second-order valence-electron chi connectivity index (χ2n) is 13.3. The van der Waals surface area contributed by atoms with E-state index in [0.717, 1.165) is 47.7 Å². The molecule has 2 fully saturated rings. The summed E-state index contributed by atoms with van der Waals surface area (Å²) in [5.41, 5.74) is 3.57. The monoisotopic (exact) mass is 693 g/mol. The summed E-state index contributed by atoms with van der Waals surface area (Å²) in [5, 5.41) is 13.9. The lowest BCUT2D eigenvalue weighted by atomic mass is 9.91. The molecule has 2 N–H and O–H groups in total. The molecule has 6 aromatic rings. The number of phenolic OH excluding ortho intramolecular Hbond substituents is 1. The van der Waals surface area contributed by atoms with Crippen molar-refractivity contribution in [3.63, 3.8) is 0 Å². The van der Waals surface area contributed by atoms with E-state index < -0.39 is 17.1 Å². The summed E-state index contributed by atoms with van der Waals surface area (Å²) in [5.74, 6) is -0.835. The molecule has 0 bridgehead atoms. The van der Waals surface area contributed by atoms with Crippen LogP contribution in [0.2, 0.25) is 0 Å². The van der Waals surface area contributed by atoms with E-state index in [4.69, 9.17) is 4.74 Å². The van der Waals surface area contributed by atoms with E-state index in [-0.39, 0.29) is 34.7 Å². The summed E-state index contributed by atoms with van der Waals surface area (Å²) in [7, 11) is 0. The van der Waals surface area contributed by atoms with Crippen molar-refractivity contribution in [2.75, 3.05) is 26.3 Å². The van der Waals surface area contributed by atoms with Gasteiger partial charge in [-0.15, -0.1) is 0 Å². The number of imidazole rings is 1. The molecule has 0 unspecified atom stereocenters. The van der Waals surface area contributed by atoms with Crippen LogP contribution in [0.1, 0.15) is 43.0 Å². The van der Waals surface area contributed by atoms with Crippen LogP contribution in [-0.2, 0) is 17.8 Å². The van der Waals surface area contributed by atoms with E-state index in [1.165, 1.54) is 21.4 Å². The number of morpholine rings is 1. The predicted molar refractivity (Wildman–Crippen MR) is 188 cm³/mol. The summed E-state index contributed by atoms with van der Waals surface area (Å²) >= 11 is 0. The van der Waals surface area contributed by atoms with Crippen molar-refractivity contribution in [3.05, 3.63) is 123 Å². The molecule has 5 heterocycles. The highest BCUT2D eigenvalue weighted by Gasteiger charge is 2.27. The summed E-state index contributed by atoms with van der Waals surface area (Å²) in [4.78, 5) is 39.4. The fourth-order valence-electron chi connectivity index (χ4n) is 7.43. The van der Waals surface area contributed by atoms with E-state index >= 15 is 0 Å².